The highest BCUT2D eigenvalue weighted by molar-refractivity contribution is 6.01. The molecule has 0 spiro atoms. The average Bonchev–Trinajstić information content (AvgIpc) is 2.36. The lowest BCUT2D eigenvalue weighted by Gasteiger charge is -2.28. The Hall–Kier alpha value is -1.85. The lowest BCUT2D eigenvalue weighted by Crippen LogP contribution is -2.33. The summed E-state index contributed by atoms with van der Waals surface area (Å²) in [6.45, 7) is 6.46. The van der Waals surface area contributed by atoms with Crippen LogP contribution < -0.4 is 10.6 Å². The smallest absolute Gasteiger partial charge is 0.173 e. The summed E-state index contributed by atoms with van der Waals surface area (Å²) in [7, 11) is 1.94. The van der Waals surface area contributed by atoms with Gasteiger partial charge >= 0.3 is 0 Å². The maximum atomic E-state index is 8.77. The van der Waals surface area contributed by atoms with E-state index in [0.717, 1.165) is 6.42 Å². The summed E-state index contributed by atoms with van der Waals surface area (Å²) in [6.07, 6.45) is 2.56. The second-order valence-electron chi connectivity index (χ2n) is 4.84. The molecular weight excluding hydrogens is 230 g/mol. The first-order valence-corrected chi connectivity index (χ1v) is 5.99. The zero-order valence-corrected chi connectivity index (χ0v) is 11.3. The van der Waals surface area contributed by atoms with Gasteiger partial charge in [0.1, 0.15) is 0 Å². The molecule has 1 rings (SSSR count). The minimum atomic E-state index is 0.0449. The van der Waals surface area contributed by atoms with Gasteiger partial charge in [0.05, 0.1) is 11.8 Å². The Morgan fingerprint density at radius 3 is 2.72 bits per heavy atom. The third-order valence-electron chi connectivity index (χ3n) is 2.89. The first kappa shape index (κ1) is 14.2. The van der Waals surface area contributed by atoms with E-state index in [1.807, 2.05) is 11.9 Å². The van der Waals surface area contributed by atoms with Crippen molar-refractivity contribution in [2.45, 2.75) is 33.2 Å². The van der Waals surface area contributed by atoms with Crippen LogP contribution in [0.15, 0.2) is 17.4 Å². The molecule has 1 unspecified atom stereocenters. The highest BCUT2D eigenvalue weighted by Crippen LogP contribution is 2.20. The summed E-state index contributed by atoms with van der Waals surface area (Å²) in [5, 5.41) is 19.7. The second kappa shape index (κ2) is 6.18. The zero-order valence-electron chi connectivity index (χ0n) is 11.3. The van der Waals surface area contributed by atoms with Gasteiger partial charge in [-0.15, -0.1) is 5.10 Å². The number of aromatic nitrogens is 2. The predicted octanol–water partition coefficient (Wildman–Crippen LogP) is 1.44. The predicted molar refractivity (Wildman–Crippen MR) is 71.9 cm³/mol. The summed E-state index contributed by atoms with van der Waals surface area (Å²) in [5.74, 6) is 1.26. The summed E-state index contributed by atoms with van der Waals surface area (Å²) in [4.78, 5) is 2.00. The SMILES string of the molecule is CC(C)CC(C)N(C)c1nnccc1/C(N)=N/O. The fraction of sp³-hybridized carbons (Fsp3) is 0.583. The van der Waals surface area contributed by atoms with E-state index in [-0.39, 0.29) is 5.84 Å². The first-order valence-electron chi connectivity index (χ1n) is 5.99. The van der Waals surface area contributed by atoms with Crippen molar-refractivity contribution >= 4 is 11.7 Å². The molecule has 3 N–H and O–H groups in total. The van der Waals surface area contributed by atoms with Gasteiger partial charge in [-0.25, -0.2) is 0 Å². The van der Waals surface area contributed by atoms with Crippen LogP contribution in [0.3, 0.4) is 0 Å². The fourth-order valence-electron chi connectivity index (χ4n) is 1.89. The summed E-state index contributed by atoms with van der Waals surface area (Å²) in [5.41, 5.74) is 6.23. The lowest BCUT2D eigenvalue weighted by molar-refractivity contribution is 0.318. The largest absolute Gasteiger partial charge is 0.409 e. The van der Waals surface area contributed by atoms with E-state index >= 15 is 0 Å². The highest BCUT2D eigenvalue weighted by Gasteiger charge is 2.18. The molecule has 0 saturated carbocycles. The number of hydrogen-bond acceptors (Lipinski definition) is 5. The molecule has 18 heavy (non-hydrogen) atoms. The van der Waals surface area contributed by atoms with E-state index in [2.05, 4.69) is 36.1 Å². The summed E-state index contributed by atoms with van der Waals surface area (Å²) in [6, 6.07) is 1.99. The maximum absolute atomic E-state index is 8.77. The van der Waals surface area contributed by atoms with Crippen molar-refractivity contribution in [1.29, 1.82) is 0 Å². The van der Waals surface area contributed by atoms with Crippen LogP contribution in [0.1, 0.15) is 32.8 Å². The van der Waals surface area contributed by atoms with Gasteiger partial charge in [0.15, 0.2) is 11.7 Å². The van der Waals surface area contributed by atoms with Gasteiger partial charge < -0.3 is 15.8 Å². The Morgan fingerprint density at radius 1 is 1.50 bits per heavy atom. The summed E-state index contributed by atoms with van der Waals surface area (Å²) < 4.78 is 0. The second-order valence-corrected chi connectivity index (χ2v) is 4.84. The van der Waals surface area contributed by atoms with Crippen molar-refractivity contribution in [2.24, 2.45) is 16.8 Å². The van der Waals surface area contributed by atoms with Gasteiger partial charge in [-0.05, 0) is 25.3 Å². The Morgan fingerprint density at radius 2 is 2.17 bits per heavy atom. The molecule has 6 heteroatoms. The van der Waals surface area contributed by atoms with Gasteiger partial charge in [0.25, 0.3) is 0 Å². The number of anilines is 1. The van der Waals surface area contributed by atoms with E-state index in [1.54, 1.807) is 6.07 Å². The van der Waals surface area contributed by atoms with Crippen molar-refractivity contribution in [3.05, 3.63) is 17.8 Å². The van der Waals surface area contributed by atoms with Crippen LogP contribution in [0, 0.1) is 5.92 Å². The van der Waals surface area contributed by atoms with Gasteiger partial charge in [-0.1, -0.05) is 19.0 Å². The van der Waals surface area contributed by atoms with Gasteiger partial charge in [0.2, 0.25) is 0 Å². The van der Waals surface area contributed by atoms with E-state index in [1.165, 1.54) is 6.20 Å². The van der Waals surface area contributed by atoms with Crippen LogP contribution in [0.2, 0.25) is 0 Å². The van der Waals surface area contributed by atoms with Crippen molar-refractivity contribution < 1.29 is 5.21 Å². The van der Waals surface area contributed by atoms with Crippen LogP contribution in [0.5, 0.6) is 0 Å². The molecule has 0 amide bonds. The summed E-state index contributed by atoms with van der Waals surface area (Å²) >= 11 is 0. The molecule has 1 heterocycles. The molecule has 100 valence electrons. The van der Waals surface area contributed by atoms with Crippen LogP contribution >= 0.6 is 0 Å². The van der Waals surface area contributed by atoms with Crippen LogP contribution in [0.4, 0.5) is 5.82 Å². The van der Waals surface area contributed by atoms with Gasteiger partial charge in [-0.2, -0.15) is 5.10 Å². The zero-order chi connectivity index (χ0) is 13.7. The average molecular weight is 251 g/mol. The van der Waals surface area contributed by atoms with Crippen molar-refractivity contribution in [3.63, 3.8) is 0 Å². The number of oxime groups is 1. The molecule has 0 radical (unpaired) electrons. The molecule has 6 nitrogen and oxygen atoms in total. The normalized spacial score (nSPS) is 13.7. The number of hydrogen-bond donors (Lipinski definition) is 2. The number of nitrogens with two attached hydrogens (primary N) is 1. The molecule has 0 aliphatic rings. The molecule has 0 bridgehead atoms. The van der Waals surface area contributed by atoms with Crippen LogP contribution in [-0.4, -0.2) is 34.3 Å². The van der Waals surface area contributed by atoms with Crippen molar-refractivity contribution in [1.82, 2.24) is 10.2 Å². The van der Waals surface area contributed by atoms with Crippen LogP contribution in [0.25, 0.3) is 0 Å². The third kappa shape index (κ3) is 3.32. The van der Waals surface area contributed by atoms with E-state index in [9.17, 15) is 0 Å². The Kier molecular flexibility index (Phi) is 4.88. The van der Waals surface area contributed by atoms with Gasteiger partial charge in [0, 0.05) is 13.1 Å². The quantitative estimate of drug-likeness (QED) is 0.358. The number of nitrogens with zero attached hydrogens (tertiary/aromatic N) is 4. The molecule has 1 atom stereocenters. The Bertz CT molecular complexity index is 419. The number of amidine groups is 1. The lowest BCUT2D eigenvalue weighted by atomic mass is 10.0. The molecule has 0 saturated heterocycles. The fourth-order valence-corrected chi connectivity index (χ4v) is 1.89. The standard InChI is InChI=1S/C12H21N5O/c1-8(2)7-9(3)17(4)12-10(11(13)16-18)5-6-14-15-12/h5-6,8-9,18H,7H2,1-4H3,(H2,13,16). The topological polar surface area (TPSA) is 87.6 Å². The Balaban J connectivity index is 3.02. The van der Waals surface area contributed by atoms with Crippen LogP contribution in [-0.2, 0) is 0 Å². The minimum Gasteiger partial charge on any atom is -0.409 e. The van der Waals surface area contributed by atoms with E-state index in [4.69, 9.17) is 10.9 Å². The highest BCUT2D eigenvalue weighted by atomic mass is 16.4. The monoisotopic (exact) mass is 251 g/mol. The Labute approximate surface area is 108 Å². The van der Waals surface area contributed by atoms with Crippen molar-refractivity contribution in [2.75, 3.05) is 11.9 Å². The van der Waals surface area contributed by atoms with E-state index in [0.29, 0.717) is 23.3 Å². The first-order chi connectivity index (χ1) is 8.47. The molecule has 1 aromatic rings. The molecule has 0 aromatic carbocycles. The molecule has 0 aliphatic heterocycles. The number of rotatable bonds is 5. The molecular formula is C12H21N5O. The van der Waals surface area contributed by atoms with E-state index < -0.39 is 0 Å². The maximum Gasteiger partial charge on any atom is 0.173 e. The molecule has 0 fully saturated rings. The molecule has 1 aromatic heterocycles. The molecule has 0 aliphatic carbocycles. The minimum absolute atomic E-state index is 0.0449. The van der Waals surface area contributed by atoms with Crippen molar-refractivity contribution in [3.8, 4) is 0 Å². The van der Waals surface area contributed by atoms with Gasteiger partial charge in [-0.3, -0.25) is 0 Å². The third-order valence-corrected chi connectivity index (χ3v) is 2.89.